The molecule has 0 aliphatic carbocycles. The maximum absolute atomic E-state index is 5.22. The second-order valence-electron chi connectivity index (χ2n) is 8.56. The van der Waals surface area contributed by atoms with Crippen molar-refractivity contribution in [1.82, 2.24) is 19.6 Å². The molecule has 154 valence electrons. The van der Waals surface area contributed by atoms with Crippen LogP contribution in [0.1, 0.15) is 46.5 Å². The number of ether oxygens (including phenoxy) is 1. The first-order valence-electron chi connectivity index (χ1n) is 10.9. The quantitative estimate of drug-likeness (QED) is 0.581. The Morgan fingerprint density at radius 1 is 1.12 bits per heavy atom. The van der Waals surface area contributed by atoms with Crippen LogP contribution in [0.5, 0.6) is 0 Å². The van der Waals surface area contributed by atoms with Gasteiger partial charge in [-0.1, -0.05) is 6.92 Å². The number of nitrogens with zero attached hydrogens (tertiary/aromatic N) is 4. The molecule has 26 heavy (non-hydrogen) atoms. The van der Waals surface area contributed by atoms with Crippen molar-refractivity contribution in [2.45, 2.75) is 64.6 Å². The van der Waals surface area contributed by atoms with Crippen LogP contribution in [0.3, 0.4) is 0 Å². The summed E-state index contributed by atoms with van der Waals surface area (Å²) in [5.74, 6) is 0. The standard InChI is InChI=1S/C21H44N4O/c1-6-24-15-14-22(4)18-21(24)10-9-19(2)25-13-7-11-23(17-20(25)3)12-8-16-26-5/h19-21H,6-18H2,1-5H3. The molecule has 2 aliphatic rings. The van der Waals surface area contributed by atoms with E-state index in [0.29, 0.717) is 12.1 Å². The molecule has 2 fully saturated rings. The van der Waals surface area contributed by atoms with Crippen molar-refractivity contribution >= 4 is 0 Å². The fourth-order valence-corrected chi connectivity index (χ4v) is 4.90. The summed E-state index contributed by atoms with van der Waals surface area (Å²) < 4.78 is 5.22. The Labute approximate surface area is 162 Å². The molecule has 3 atom stereocenters. The minimum atomic E-state index is 0.659. The van der Waals surface area contributed by atoms with Crippen LogP contribution in [-0.4, -0.2) is 111 Å². The van der Waals surface area contributed by atoms with Crippen LogP contribution >= 0.6 is 0 Å². The van der Waals surface area contributed by atoms with Gasteiger partial charge in [-0.05, 0) is 66.2 Å². The molecule has 2 aliphatic heterocycles. The van der Waals surface area contributed by atoms with Gasteiger partial charge in [0.2, 0.25) is 0 Å². The van der Waals surface area contributed by atoms with Crippen molar-refractivity contribution in [2.24, 2.45) is 0 Å². The Morgan fingerprint density at radius 2 is 1.92 bits per heavy atom. The van der Waals surface area contributed by atoms with Gasteiger partial charge < -0.3 is 14.5 Å². The van der Waals surface area contributed by atoms with E-state index in [1.165, 1.54) is 71.6 Å². The zero-order chi connectivity index (χ0) is 18.9. The summed E-state index contributed by atoms with van der Waals surface area (Å²) in [7, 11) is 4.08. The fraction of sp³-hybridized carbons (Fsp3) is 1.00. The van der Waals surface area contributed by atoms with Gasteiger partial charge >= 0.3 is 0 Å². The van der Waals surface area contributed by atoms with Gasteiger partial charge in [0, 0.05) is 64.6 Å². The molecule has 5 nitrogen and oxygen atoms in total. The third kappa shape index (κ3) is 6.75. The third-order valence-electron chi connectivity index (χ3n) is 6.50. The summed E-state index contributed by atoms with van der Waals surface area (Å²) in [4.78, 5) is 10.6. The van der Waals surface area contributed by atoms with Gasteiger partial charge in [-0.3, -0.25) is 9.80 Å². The number of hydrogen-bond acceptors (Lipinski definition) is 5. The van der Waals surface area contributed by atoms with Crippen LogP contribution in [0.2, 0.25) is 0 Å². The minimum Gasteiger partial charge on any atom is -0.385 e. The summed E-state index contributed by atoms with van der Waals surface area (Å²) in [5, 5.41) is 0. The van der Waals surface area contributed by atoms with Crippen LogP contribution in [0.15, 0.2) is 0 Å². The highest BCUT2D eigenvalue weighted by Crippen LogP contribution is 2.20. The van der Waals surface area contributed by atoms with Gasteiger partial charge in [-0.2, -0.15) is 0 Å². The van der Waals surface area contributed by atoms with Gasteiger partial charge in [0.25, 0.3) is 0 Å². The molecule has 2 heterocycles. The van der Waals surface area contributed by atoms with E-state index < -0.39 is 0 Å². The molecular formula is C21H44N4O. The van der Waals surface area contributed by atoms with Crippen molar-refractivity contribution in [3.63, 3.8) is 0 Å². The Balaban J connectivity index is 1.79. The number of piperazine rings is 1. The molecule has 0 saturated carbocycles. The zero-order valence-corrected chi connectivity index (χ0v) is 18.1. The van der Waals surface area contributed by atoms with E-state index in [2.05, 4.69) is 47.4 Å². The fourth-order valence-electron chi connectivity index (χ4n) is 4.90. The van der Waals surface area contributed by atoms with E-state index in [4.69, 9.17) is 4.74 Å². The highest BCUT2D eigenvalue weighted by molar-refractivity contribution is 4.84. The van der Waals surface area contributed by atoms with E-state index >= 15 is 0 Å². The molecule has 0 radical (unpaired) electrons. The second-order valence-corrected chi connectivity index (χ2v) is 8.56. The SMILES string of the molecule is CCN1CCN(C)CC1CCC(C)N1CCCN(CCCOC)CC1C. The first-order valence-corrected chi connectivity index (χ1v) is 10.9. The van der Waals surface area contributed by atoms with Crippen molar-refractivity contribution < 1.29 is 4.74 Å². The monoisotopic (exact) mass is 368 g/mol. The summed E-state index contributed by atoms with van der Waals surface area (Å²) in [6.07, 6.45) is 5.11. The van der Waals surface area contributed by atoms with E-state index in [0.717, 1.165) is 19.1 Å². The molecule has 0 amide bonds. The molecule has 5 heteroatoms. The molecule has 0 N–H and O–H groups in total. The smallest absolute Gasteiger partial charge is 0.0474 e. The second kappa shape index (κ2) is 11.6. The lowest BCUT2D eigenvalue weighted by molar-refractivity contribution is 0.0758. The Kier molecular flexibility index (Phi) is 9.86. The average molecular weight is 369 g/mol. The predicted octanol–water partition coefficient (Wildman–Crippen LogP) is 2.22. The summed E-state index contributed by atoms with van der Waals surface area (Å²) in [6, 6.07) is 2.09. The van der Waals surface area contributed by atoms with Gasteiger partial charge in [0.1, 0.15) is 0 Å². The maximum Gasteiger partial charge on any atom is 0.0474 e. The predicted molar refractivity (Wildman–Crippen MR) is 111 cm³/mol. The Hall–Kier alpha value is -0.200. The topological polar surface area (TPSA) is 22.2 Å². The van der Waals surface area contributed by atoms with E-state index in [1.807, 2.05) is 0 Å². The van der Waals surface area contributed by atoms with Gasteiger partial charge in [-0.15, -0.1) is 0 Å². The van der Waals surface area contributed by atoms with Gasteiger partial charge in [0.05, 0.1) is 0 Å². The van der Waals surface area contributed by atoms with Crippen molar-refractivity contribution in [3.05, 3.63) is 0 Å². The van der Waals surface area contributed by atoms with Crippen LogP contribution < -0.4 is 0 Å². The lowest BCUT2D eigenvalue weighted by Gasteiger charge is -2.41. The number of rotatable bonds is 9. The average Bonchev–Trinajstić information content (AvgIpc) is 2.81. The van der Waals surface area contributed by atoms with Crippen molar-refractivity contribution in [1.29, 1.82) is 0 Å². The van der Waals surface area contributed by atoms with Gasteiger partial charge in [-0.25, -0.2) is 0 Å². The summed E-state index contributed by atoms with van der Waals surface area (Å²) in [5.41, 5.74) is 0. The van der Waals surface area contributed by atoms with E-state index in [1.54, 1.807) is 7.11 Å². The lowest BCUT2D eigenvalue weighted by atomic mass is 10.0. The van der Waals surface area contributed by atoms with Crippen LogP contribution in [-0.2, 0) is 4.74 Å². The molecule has 0 bridgehead atoms. The molecule has 2 saturated heterocycles. The molecule has 3 unspecified atom stereocenters. The highest BCUT2D eigenvalue weighted by atomic mass is 16.5. The van der Waals surface area contributed by atoms with E-state index in [9.17, 15) is 0 Å². The minimum absolute atomic E-state index is 0.659. The van der Waals surface area contributed by atoms with Gasteiger partial charge in [0.15, 0.2) is 0 Å². The van der Waals surface area contributed by atoms with Crippen LogP contribution in [0.4, 0.5) is 0 Å². The van der Waals surface area contributed by atoms with Crippen molar-refractivity contribution in [2.75, 3.05) is 73.1 Å². The summed E-state index contributed by atoms with van der Waals surface area (Å²) >= 11 is 0. The molecule has 0 aromatic carbocycles. The molecule has 0 spiro atoms. The first kappa shape index (κ1) is 22.1. The zero-order valence-electron chi connectivity index (χ0n) is 18.1. The number of likely N-dealkylation sites (N-methyl/N-ethyl adjacent to an activating group) is 2. The number of hydrogen-bond donors (Lipinski definition) is 0. The molecule has 0 aromatic rings. The first-order chi connectivity index (χ1) is 12.5. The number of methoxy groups -OCH3 is 1. The highest BCUT2D eigenvalue weighted by Gasteiger charge is 2.28. The van der Waals surface area contributed by atoms with E-state index in [-0.39, 0.29) is 0 Å². The van der Waals surface area contributed by atoms with Crippen LogP contribution in [0, 0.1) is 0 Å². The third-order valence-corrected chi connectivity index (χ3v) is 6.50. The molecule has 2 rings (SSSR count). The Bertz CT molecular complexity index is 381. The van der Waals surface area contributed by atoms with Crippen LogP contribution in [0.25, 0.3) is 0 Å². The summed E-state index contributed by atoms with van der Waals surface area (Å²) in [6.45, 7) is 17.9. The maximum atomic E-state index is 5.22. The lowest BCUT2D eigenvalue weighted by Crippen LogP contribution is -2.52. The normalized spacial score (nSPS) is 29.0. The molecular weight excluding hydrogens is 324 g/mol. The molecule has 0 aromatic heterocycles. The van der Waals surface area contributed by atoms with Crippen molar-refractivity contribution in [3.8, 4) is 0 Å². The largest absolute Gasteiger partial charge is 0.385 e. The Morgan fingerprint density at radius 3 is 2.65 bits per heavy atom.